The van der Waals surface area contributed by atoms with Gasteiger partial charge in [-0.15, -0.1) is 0 Å². The van der Waals surface area contributed by atoms with E-state index in [1.807, 2.05) is 38.1 Å². The lowest BCUT2D eigenvalue weighted by Gasteiger charge is -2.53. The van der Waals surface area contributed by atoms with E-state index in [-0.39, 0.29) is 71.6 Å². The van der Waals surface area contributed by atoms with Crippen LogP contribution < -0.4 is 36.0 Å². The second-order valence-corrected chi connectivity index (χ2v) is 19.1. The summed E-state index contributed by atoms with van der Waals surface area (Å²) in [5.74, 6) is -1.26. The molecule has 3 saturated heterocycles. The molecule has 5 amide bonds. The number of aromatic nitrogens is 3. The first-order chi connectivity index (χ1) is 31.6. The van der Waals surface area contributed by atoms with E-state index in [2.05, 4.69) is 49.5 Å². The number of nitrogens with zero attached hydrogens (tertiary/aromatic N) is 7. The topological polar surface area (TPSA) is 201 Å². The minimum atomic E-state index is -0.996. The lowest BCUT2D eigenvalue weighted by molar-refractivity contribution is -0.136. The first-order valence-corrected chi connectivity index (χ1v) is 23.1. The number of benzene rings is 2. The average Bonchev–Trinajstić information content (AvgIpc) is 3.51. The molecule has 0 bridgehead atoms. The largest absolute Gasteiger partial charge is 0.478 e. The van der Waals surface area contributed by atoms with E-state index < -0.39 is 29.7 Å². The molecule has 348 valence electrons. The number of piperidine rings is 2. The zero-order chi connectivity index (χ0) is 46.6. The summed E-state index contributed by atoms with van der Waals surface area (Å²) < 4.78 is 13.9. The summed E-state index contributed by atoms with van der Waals surface area (Å²) in [7, 11) is 1.51. The number of carbonyl (C=O) groups is 5. The van der Waals surface area contributed by atoms with Gasteiger partial charge in [0.25, 0.3) is 23.3 Å². The fourth-order valence-electron chi connectivity index (χ4n) is 9.99. The molecular weight excluding hydrogens is 868 g/mol. The summed E-state index contributed by atoms with van der Waals surface area (Å²) in [5, 5.41) is 9.19. The molecule has 4 aliphatic heterocycles. The second kappa shape index (κ2) is 17.9. The number of carbonyl (C=O) groups excluding carboxylic acids is 5. The number of piperazine rings is 1. The minimum Gasteiger partial charge on any atom is -0.478 e. The highest BCUT2D eigenvalue weighted by molar-refractivity contribution is 6.33. The van der Waals surface area contributed by atoms with E-state index in [0.29, 0.717) is 28.5 Å². The fourth-order valence-corrected chi connectivity index (χ4v) is 10.1. The highest BCUT2D eigenvalue weighted by Crippen LogP contribution is 2.38. The van der Waals surface area contributed by atoms with E-state index in [0.717, 1.165) is 79.9 Å². The Bertz CT molecular complexity index is 2680. The predicted octanol–water partition coefficient (Wildman–Crippen LogP) is 4.41. The summed E-state index contributed by atoms with van der Waals surface area (Å²) in [4.78, 5) is 93.5. The Kier molecular flexibility index (Phi) is 12.2. The van der Waals surface area contributed by atoms with E-state index >= 15 is 0 Å². The van der Waals surface area contributed by atoms with Gasteiger partial charge in [-0.2, -0.15) is 4.98 Å². The van der Waals surface area contributed by atoms with E-state index in [1.54, 1.807) is 29.0 Å². The first-order valence-electron chi connectivity index (χ1n) is 22.7. The van der Waals surface area contributed by atoms with Gasteiger partial charge in [-0.25, -0.2) is 4.98 Å². The Morgan fingerprint density at radius 1 is 0.939 bits per heavy atom. The van der Waals surface area contributed by atoms with Crippen LogP contribution in [0.2, 0.25) is 5.02 Å². The van der Waals surface area contributed by atoms with Crippen molar-refractivity contribution < 1.29 is 33.4 Å². The lowest BCUT2D eigenvalue weighted by atomic mass is 9.85. The van der Waals surface area contributed by atoms with Gasteiger partial charge in [0, 0.05) is 80.6 Å². The molecule has 3 N–H and O–H groups in total. The molecule has 4 aromatic rings. The molecule has 0 radical (unpaired) electrons. The number of amides is 5. The van der Waals surface area contributed by atoms with Gasteiger partial charge in [-0.05, 0) is 102 Å². The van der Waals surface area contributed by atoms with Crippen LogP contribution in [0.5, 0.6) is 5.75 Å². The maximum Gasteiger partial charge on any atom is 0.293 e. The summed E-state index contributed by atoms with van der Waals surface area (Å²) in [6.07, 6.45) is 5.74. The van der Waals surface area contributed by atoms with Crippen molar-refractivity contribution in [3.63, 3.8) is 0 Å². The van der Waals surface area contributed by atoms with Gasteiger partial charge in [0.05, 0.1) is 35.0 Å². The molecule has 1 atom stereocenters. The Balaban J connectivity index is 0.765. The minimum absolute atomic E-state index is 0.0779. The number of imide groups is 2. The van der Waals surface area contributed by atoms with E-state index in [9.17, 15) is 28.8 Å². The number of fused-ring (bicyclic) bond motifs is 2. The Morgan fingerprint density at radius 3 is 2.41 bits per heavy atom. The van der Waals surface area contributed by atoms with Crippen LogP contribution in [-0.2, 0) is 19.1 Å². The Labute approximate surface area is 386 Å². The summed E-state index contributed by atoms with van der Waals surface area (Å²) in [5.41, 5.74) is 2.28. The number of halogens is 1. The van der Waals surface area contributed by atoms with Crippen LogP contribution in [0.3, 0.4) is 0 Å². The van der Waals surface area contributed by atoms with Crippen molar-refractivity contribution in [1.82, 2.24) is 35.0 Å². The number of hydrogen-bond donors (Lipinski definition) is 3. The molecule has 1 saturated carbocycles. The maximum atomic E-state index is 13.5. The van der Waals surface area contributed by atoms with Crippen LogP contribution in [0.15, 0.2) is 53.5 Å². The van der Waals surface area contributed by atoms with Gasteiger partial charge in [0.15, 0.2) is 18.2 Å². The van der Waals surface area contributed by atoms with Crippen molar-refractivity contribution >= 4 is 75.2 Å². The molecule has 1 aliphatic carbocycles. The molecule has 5 aliphatic rings. The SMILES string of the molecule is CNC(=O)COc1cc2cc(Nc3nc(N4CCC(OC5CC(N6CCN(c7ccc8c(c7)C(=O)N([C@@H]7CCC(=O)NC7=O)C8=O)C(C)(C)C6)C5)CC4)ncc3Cl)ccc2n(C(C)C)c1=O. The van der Waals surface area contributed by atoms with Crippen molar-refractivity contribution in [2.75, 3.05) is 61.5 Å². The van der Waals surface area contributed by atoms with Crippen LogP contribution in [-0.4, -0.2) is 130 Å². The van der Waals surface area contributed by atoms with Gasteiger partial charge in [-0.1, -0.05) is 11.6 Å². The molecule has 2 aromatic carbocycles. The number of likely N-dealkylation sites (N-methyl/N-ethyl adjacent to an activating group) is 1. The summed E-state index contributed by atoms with van der Waals surface area (Å²) in [6, 6.07) is 11.9. The number of rotatable bonds is 12. The van der Waals surface area contributed by atoms with Crippen molar-refractivity contribution in [1.29, 1.82) is 0 Å². The predicted molar refractivity (Wildman–Crippen MR) is 248 cm³/mol. The summed E-state index contributed by atoms with van der Waals surface area (Å²) in [6.45, 7) is 11.8. The van der Waals surface area contributed by atoms with Gasteiger partial charge in [0.1, 0.15) is 11.1 Å². The monoisotopic (exact) mass is 922 g/mol. The standard InChI is InChI=1S/C47H55ClN10O8/c1-26(2)57-36-9-6-28(18-27(36)19-38(45(57)64)65-24-40(60)49-5)51-41-35(48)23-50-46(53-41)54-14-12-31(13-15-54)66-32-20-30(21-32)55-16-17-56(47(3,4)25-55)29-7-8-33-34(22-29)44(63)58(43(33)62)37-10-11-39(59)52-42(37)61/h6-9,18-19,22-23,26,30-32,37H,10-17,20-21,24-25H2,1-5H3,(H,49,60)(H,50,51,53)(H,52,59,61)/t30?,32?,37-/m1/s1. The van der Waals surface area contributed by atoms with Crippen LogP contribution in [0.1, 0.15) is 93.0 Å². The van der Waals surface area contributed by atoms with Gasteiger partial charge in [-0.3, -0.25) is 43.9 Å². The molecule has 4 fully saturated rings. The van der Waals surface area contributed by atoms with Crippen LogP contribution >= 0.6 is 11.6 Å². The third-order valence-electron chi connectivity index (χ3n) is 13.5. The van der Waals surface area contributed by atoms with Gasteiger partial charge >= 0.3 is 0 Å². The fraction of sp³-hybridized carbons (Fsp3) is 0.489. The third kappa shape index (κ3) is 8.68. The lowest BCUT2D eigenvalue weighted by Crippen LogP contribution is -2.64. The highest BCUT2D eigenvalue weighted by atomic mass is 35.5. The van der Waals surface area contributed by atoms with E-state index in [4.69, 9.17) is 26.1 Å². The van der Waals surface area contributed by atoms with Crippen molar-refractivity contribution in [3.8, 4) is 5.75 Å². The molecule has 18 nitrogen and oxygen atoms in total. The number of anilines is 4. The maximum absolute atomic E-state index is 13.5. The zero-order valence-electron chi connectivity index (χ0n) is 37.8. The molecule has 6 heterocycles. The quantitative estimate of drug-likeness (QED) is 0.169. The third-order valence-corrected chi connectivity index (χ3v) is 13.8. The smallest absolute Gasteiger partial charge is 0.293 e. The van der Waals surface area contributed by atoms with Gasteiger partial charge < -0.3 is 34.5 Å². The van der Waals surface area contributed by atoms with Crippen molar-refractivity contribution in [2.45, 2.75) is 102 Å². The second-order valence-electron chi connectivity index (χ2n) is 18.7. The van der Waals surface area contributed by atoms with Crippen LogP contribution in [0.4, 0.5) is 23.1 Å². The molecule has 0 unspecified atom stereocenters. The van der Waals surface area contributed by atoms with Crippen molar-refractivity contribution in [3.05, 3.63) is 75.2 Å². The average molecular weight is 923 g/mol. The zero-order valence-corrected chi connectivity index (χ0v) is 38.5. The number of pyridine rings is 1. The van der Waals surface area contributed by atoms with Crippen molar-refractivity contribution in [2.24, 2.45) is 0 Å². The van der Waals surface area contributed by atoms with Crippen LogP contribution in [0, 0.1) is 0 Å². The van der Waals surface area contributed by atoms with Crippen LogP contribution in [0.25, 0.3) is 10.9 Å². The molecule has 0 spiro atoms. The number of ether oxygens (including phenoxy) is 2. The number of hydrogen-bond acceptors (Lipinski definition) is 14. The van der Waals surface area contributed by atoms with E-state index in [1.165, 1.54) is 7.05 Å². The number of nitrogens with one attached hydrogen (secondary N) is 3. The molecular formula is C47H55ClN10O8. The Hall–Kier alpha value is -6.11. The highest BCUT2D eigenvalue weighted by Gasteiger charge is 2.46. The van der Waals surface area contributed by atoms with Gasteiger partial charge in [0.2, 0.25) is 17.8 Å². The molecule has 2 aromatic heterocycles. The molecule has 19 heteroatoms. The molecule has 9 rings (SSSR count). The first kappa shape index (κ1) is 45.1. The molecule has 66 heavy (non-hydrogen) atoms. The summed E-state index contributed by atoms with van der Waals surface area (Å²) >= 11 is 6.61. The Morgan fingerprint density at radius 2 is 1.70 bits per heavy atom. The normalized spacial score (nSPS) is 22.4.